The maximum absolute atomic E-state index is 10.7. The van der Waals surface area contributed by atoms with Gasteiger partial charge in [-0.1, -0.05) is 23.7 Å². The molecule has 4 rings (SSSR count). The minimum Gasteiger partial charge on any atom is -0.465 e. The van der Waals surface area contributed by atoms with Crippen LogP contribution in [0.3, 0.4) is 0 Å². The first kappa shape index (κ1) is 17.6. The van der Waals surface area contributed by atoms with Crippen LogP contribution in [0.1, 0.15) is 6.42 Å². The first-order chi connectivity index (χ1) is 13.0. The molecule has 3 heterocycles. The van der Waals surface area contributed by atoms with Crippen molar-refractivity contribution < 1.29 is 9.90 Å². The lowest BCUT2D eigenvalue weighted by Gasteiger charge is -2.19. The van der Waals surface area contributed by atoms with E-state index in [2.05, 4.69) is 15.2 Å². The maximum atomic E-state index is 10.7. The summed E-state index contributed by atoms with van der Waals surface area (Å²) in [5, 5.41) is 11.8. The maximum Gasteiger partial charge on any atom is 0.404 e. The van der Waals surface area contributed by atoms with E-state index in [0.717, 1.165) is 47.7 Å². The van der Waals surface area contributed by atoms with Gasteiger partial charge >= 0.3 is 6.09 Å². The molecule has 2 N–H and O–H groups in total. The molecule has 1 aliphatic heterocycles. The van der Waals surface area contributed by atoms with E-state index < -0.39 is 6.09 Å². The molecule has 7 nitrogen and oxygen atoms in total. The van der Waals surface area contributed by atoms with Crippen LogP contribution in [-0.2, 0) is 7.05 Å². The van der Waals surface area contributed by atoms with E-state index in [1.165, 1.54) is 0 Å². The minimum atomic E-state index is -0.984. The highest BCUT2D eigenvalue weighted by Gasteiger charge is 2.25. The molecule has 2 aromatic heterocycles. The van der Waals surface area contributed by atoms with Crippen LogP contribution in [0, 0.1) is 5.92 Å². The van der Waals surface area contributed by atoms with Crippen molar-refractivity contribution in [3.63, 3.8) is 0 Å². The highest BCUT2D eigenvalue weighted by molar-refractivity contribution is 6.33. The van der Waals surface area contributed by atoms with Gasteiger partial charge in [-0.3, -0.25) is 0 Å². The summed E-state index contributed by atoms with van der Waals surface area (Å²) in [7, 11) is 1.98. The number of anilines is 1. The zero-order chi connectivity index (χ0) is 19.0. The van der Waals surface area contributed by atoms with Gasteiger partial charge in [0.05, 0.1) is 16.1 Å². The lowest BCUT2D eigenvalue weighted by molar-refractivity contribution is 0.192. The van der Waals surface area contributed by atoms with Crippen LogP contribution in [-0.4, -0.2) is 45.4 Å². The summed E-state index contributed by atoms with van der Waals surface area (Å²) in [4.78, 5) is 22.1. The van der Waals surface area contributed by atoms with Gasteiger partial charge in [0.25, 0.3) is 0 Å². The molecular weight excluding hydrogens is 366 g/mol. The molecule has 3 aromatic rings. The van der Waals surface area contributed by atoms with E-state index >= 15 is 0 Å². The number of imidazole rings is 1. The van der Waals surface area contributed by atoms with E-state index in [9.17, 15) is 4.79 Å². The number of carbonyl (C=O) groups is 1. The Morgan fingerprint density at radius 1 is 1.41 bits per heavy atom. The van der Waals surface area contributed by atoms with Crippen molar-refractivity contribution >= 4 is 34.5 Å². The fourth-order valence-corrected chi connectivity index (χ4v) is 3.79. The van der Waals surface area contributed by atoms with Crippen molar-refractivity contribution in [1.29, 1.82) is 0 Å². The molecule has 1 amide bonds. The molecular formula is C19H20ClN5O2. The number of rotatable bonds is 4. The highest BCUT2D eigenvalue weighted by atomic mass is 35.5. The molecule has 1 unspecified atom stereocenters. The number of nitrogens with one attached hydrogen (secondary N) is 1. The third-order valence-corrected chi connectivity index (χ3v) is 5.32. The van der Waals surface area contributed by atoms with Crippen molar-refractivity contribution in [2.75, 3.05) is 24.5 Å². The monoisotopic (exact) mass is 385 g/mol. The number of aromatic nitrogens is 3. The van der Waals surface area contributed by atoms with Crippen molar-refractivity contribution in [2.24, 2.45) is 13.0 Å². The number of aryl methyl sites for hydroxylation is 1. The number of hydrogen-bond donors (Lipinski definition) is 2. The number of hydrogen-bond acceptors (Lipinski definition) is 4. The number of pyridine rings is 1. The Labute approximate surface area is 161 Å². The van der Waals surface area contributed by atoms with E-state index in [-0.39, 0.29) is 5.92 Å². The highest BCUT2D eigenvalue weighted by Crippen LogP contribution is 2.33. The second-order valence-corrected chi connectivity index (χ2v) is 7.20. The molecule has 27 heavy (non-hydrogen) atoms. The predicted octanol–water partition coefficient (Wildman–Crippen LogP) is 3.38. The van der Waals surface area contributed by atoms with Crippen molar-refractivity contribution in [1.82, 2.24) is 19.9 Å². The Bertz CT molecular complexity index is 1000. The molecule has 1 aromatic carbocycles. The van der Waals surface area contributed by atoms with Gasteiger partial charge in [0.15, 0.2) is 0 Å². The average molecular weight is 386 g/mol. The average Bonchev–Trinajstić information content (AvgIpc) is 3.26. The van der Waals surface area contributed by atoms with Crippen molar-refractivity contribution in [2.45, 2.75) is 6.42 Å². The summed E-state index contributed by atoms with van der Waals surface area (Å²) in [5.41, 5.74) is 2.81. The molecule has 0 bridgehead atoms. The Morgan fingerprint density at radius 2 is 2.22 bits per heavy atom. The second kappa shape index (κ2) is 7.08. The zero-order valence-corrected chi connectivity index (χ0v) is 15.6. The summed E-state index contributed by atoms with van der Waals surface area (Å²) in [6.07, 6.45) is 1.60. The summed E-state index contributed by atoms with van der Waals surface area (Å²) in [6, 6.07) is 9.94. The molecule has 1 atom stereocenters. The summed E-state index contributed by atoms with van der Waals surface area (Å²) >= 11 is 6.44. The summed E-state index contributed by atoms with van der Waals surface area (Å²) in [5.74, 6) is 1.91. The minimum absolute atomic E-state index is 0.276. The number of benzene rings is 1. The molecule has 1 fully saturated rings. The lowest BCUT2D eigenvalue weighted by Crippen LogP contribution is -2.29. The predicted molar refractivity (Wildman–Crippen MR) is 105 cm³/mol. The van der Waals surface area contributed by atoms with Crippen LogP contribution >= 0.6 is 11.6 Å². The van der Waals surface area contributed by atoms with Gasteiger partial charge in [-0.15, -0.1) is 0 Å². The van der Waals surface area contributed by atoms with E-state index in [4.69, 9.17) is 21.7 Å². The summed E-state index contributed by atoms with van der Waals surface area (Å²) < 4.78 is 2.03. The molecule has 1 saturated heterocycles. The SMILES string of the molecule is Cn1c(-c2cc(N3CCC(CNC(=O)O)C3)ncc2Cl)nc2ccccc21. The van der Waals surface area contributed by atoms with Crippen LogP contribution in [0.4, 0.5) is 10.6 Å². The molecule has 0 spiro atoms. The topological polar surface area (TPSA) is 83.3 Å². The van der Waals surface area contributed by atoms with Gasteiger partial charge in [0.1, 0.15) is 11.6 Å². The number of fused-ring (bicyclic) bond motifs is 1. The Morgan fingerprint density at radius 3 is 3.00 bits per heavy atom. The van der Waals surface area contributed by atoms with Crippen molar-refractivity contribution in [3.05, 3.63) is 41.6 Å². The number of carboxylic acid groups (broad SMARTS) is 1. The largest absolute Gasteiger partial charge is 0.465 e. The molecule has 0 aliphatic carbocycles. The number of para-hydroxylation sites is 2. The smallest absolute Gasteiger partial charge is 0.404 e. The molecule has 1 aliphatic rings. The van der Waals surface area contributed by atoms with Gasteiger partial charge in [-0.25, -0.2) is 14.8 Å². The van der Waals surface area contributed by atoms with E-state index in [0.29, 0.717) is 11.6 Å². The Kier molecular flexibility index (Phi) is 4.61. The number of nitrogens with zero attached hydrogens (tertiary/aromatic N) is 4. The Balaban J connectivity index is 1.62. The van der Waals surface area contributed by atoms with Crippen molar-refractivity contribution in [3.8, 4) is 11.4 Å². The third-order valence-electron chi connectivity index (χ3n) is 5.02. The van der Waals surface area contributed by atoms with Gasteiger partial charge in [-0.05, 0) is 30.5 Å². The van der Waals surface area contributed by atoms with Gasteiger partial charge in [0.2, 0.25) is 0 Å². The third kappa shape index (κ3) is 3.42. The van der Waals surface area contributed by atoms with Crippen LogP contribution in [0.25, 0.3) is 22.4 Å². The fourth-order valence-electron chi connectivity index (χ4n) is 3.60. The van der Waals surface area contributed by atoms with Gasteiger partial charge in [-0.2, -0.15) is 0 Å². The van der Waals surface area contributed by atoms with Crippen LogP contribution in [0.5, 0.6) is 0 Å². The second-order valence-electron chi connectivity index (χ2n) is 6.79. The normalized spacial score (nSPS) is 16.8. The van der Waals surface area contributed by atoms with Gasteiger partial charge < -0.3 is 19.9 Å². The zero-order valence-electron chi connectivity index (χ0n) is 14.9. The number of amides is 1. The first-order valence-corrected chi connectivity index (χ1v) is 9.20. The molecule has 140 valence electrons. The van der Waals surface area contributed by atoms with Gasteiger partial charge in [0, 0.05) is 38.4 Å². The summed E-state index contributed by atoms with van der Waals surface area (Å²) in [6.45, 7) is 2.05. The molecule has 0 saturated carbocycles. The van der Waals surface area contributed by atoms with Crippen LogP contribution in [0.15, 0.2) is 36.5 Å². The Hall–Kier alpha value is -2.80. The van der Waals surface area contributed by atoms with E-state index in [1.807, 2.05) is 41.9 Å². The first-order valence-electron chi connectivity index (χ1n) is 8.82. The molecule has 8 heteroatoms. The lowest BCUT2D eigenvalue weighted by atomic mass is 10.1. The van der Waals surface area contributed by atoms with Crippen LogP contribution in [0.2, 0.25) is 5.02 Å². The quantitative estimate of drug-likeness (QED) is 0.719. The van der Waals surface area contributed by atoms with E-state index in [1.54, 1.807) is 6.20 Å². The number of halogens is 1. The van der Waals surface area contributed by atoms with Crippen LogP contribution < -0.4 is 10.2 Å². The molecule has 0 radical (unpaired) electrons. The standard InChI is InChI=1S/C19H20ClN5O2/c1-24-16-5-3-2-4-15(16)23-18(24)13-8-17(21-10-14(13)20)25-7-6-12(11-25)9-22-19(26)27/h2-5,8,10,12,22H,6-7,9,11H2,1H3,(H,26,27). The fraction of sp³-hybridized carbons (Fsp3) is 0.316.